The number of nitrogens with one attached hydrogen (secondary N) is 1. The zero-order valence-corrected chi connectivity index (χ0v) is 19.2. The molecule has 1 atom stereocenters. The Morgan fingerprint density at radius 1 is 1.16 bits per heavy atom. The summed E-state index contributed by atoms with van der Waals surface area (Å²) in [5.74, 6) is 0.134. The summed E-state index contributed by atoms with van der Waals surface area (Å²) >= 11 is 1.29. The number of morpholine rings is 1. The van der Waals surface area contributed by atoms with Crippen LogP contribution in [0.25, 0.3) is 5.69 Å². The molecule has 0 spiro atoms. The minimum absolute atomic E-state index is 0.134. The maximum Gasteiger partial charge on any atom is 0.237 e. The van der Waals surface area contributed by atoms with E-state index in [-0.39, 0.29) is 11.7 Å². The van der Waals surface area contributed by atoms with Gasteiger partial charge in [0, 0.05) is 18.8 Å². The number of halogens is 1. The standard InChI is InChI=1S/C23H26FN5O2S/c1-15-7-8-16(2)20(13-15)25-21(30)17(3)32-23-27-26-22(28-9-11-31-12-10-28)29(23)19-6-4-5-18(24)14-19/h4-8,13-14,17H,9-12H2,1-3H3,(H,25,30). The van der Waals surface area contributed by atoms with E-state index in [1.165, 1.54) is 23.9 Å². The lowest BCUT2D eigenvalue weighted by Crippen LogP contribution is -2.38. The molecule has 9 heteroatoms. The van der Waals surface area contributed by atoms with Crippen LogP contribution < -0.4 is 10.2 Å². The molecule has 1 N–H and O–H groups in total. The summed E-state index contributed by atoms with van der Waals surface area (Å²) in [6.45, 7) is 8.29. The number of hydrogen-bond donors (Lipinski definition) is 1. The lowest BCUT2D eigenvalue weighted by Gasteiger charge is -2.28. The van der Waals surface area contributed by atoms with Gasteiger partial charge in [-0.2, -0.15) is 0 Å². The topological polar surface area (TPSA) is 72.3 Å². The number of rotatable bonds is 6. The number of carbonyl (C=O) groups is 1. The molecule has 1 amide bonds. The maximum absolute atomic E-state index is 14.0. The van der Waals surface area contributed by atoms with Crippen molar-refractivity contribution >= 4 is 29.3 Å². The molecular weight excluding hydrogens is 429 g/mol. The lowest BCUT2D eigenvalue weighted by atomic mass is 10.1. The van der Waals surface area contributed by atoms with Crippen molar-refractivity contribution in [3.05, 3.63) is 59.4 Å². The van der Waals surface area contributed by atoms with Gasteiger partial charge in [-0.15, -0.1) is 10.2 Å². The molecule has 1 fully saturated rings. The second-order valence-electron chi connectivity index (χ2n) is 7.76. The third-order valence-corrected chi connectivity index (χ3v) is 6.32. The van der Waals surface area contributed by atoms with Crippen molar-refractivity contribution in [1.29, 1.82) is 0 Å². The Morgan fingerprint density at radius 3 is 2.69 bits per heavy atom. The van der Waals surface area contributed by atoms with Crippen molar-refractivity contribution in [1.82, 2.24) is 14.8 Å². The van der Waals surface area contributed by atoms with Crippen LogP contribution in [-0.4, -0.2) is 52.2 Å². The summed E-state index contributed by atoms with van der Waals surface area (Å²) in [7, 11) is 0. The fourth-order valence-electron chi connectivity index (χ4n) is 3.46. The van der Waals surface area contributed by atoms with E-state index in [2.05, 4.69) is 20.4 Å². The molecule has 1 aliphatic rings. The van der Waals surface area contributed by atoms with Crippen LogP contribution in [0.3, 0.4) is 0 Å². The predicted octanol–water partition coefficient (Wildman–Crippen LogP) is 3.98. The molecule has 1 unspecified atom stereocenters. The van der Waals surface area contributed by atoms with Gasteiger partial charge in [-0.3, -0.25) is 9.36 Å². The monoisotopic (exact) mass is 455 g/mol. The first-order chi connectivity index (χ1) is 15.4. The minimum Gasteiger partial charge on any atom is -0.378 e. The zero-order valence-electron chi connectivity index (χ0n) is 18.3. The van der Waals surface area contributed by atoms with Crippen LogP contribution in [0.5, 0.6) is 0 Å². The minimum atomic E-state index is -0.441. The van der Waals surface area contributed by atoms with Crippen molar-refractivity contribution in [2.75, 3.05) is 36.5 Å². The van der Waals surface area contributed by atoms with Crippen LogP contribution in [0.2, 0.25) is 0 Å². The first-order valence-electron chi connectivity index (χ1n) is 10.5. The Bertz CT molecular complexity index is 1110. The average molecular weight is 456 g/mol. The highest BCUT2D eigenvalue weighted by molar-refractivity contribution is 8.00. The van der Waals surface area contributed by atoms with E-state index in [0.717, 1.165) is 16.8 Å². The van der Waals surface area contributed by atoms with E-state index in [1.807, 2.05) is 39.0 Å². The average Bonchev–Trinajstić information content (AvgIpc) is 3.20. The summed E-state index contributed by atoms with van der Waals surface area (Å²) in [6.07, 6.45) is 0. The van der Waals surface area contributed by atoms with Crippen molar-refractivity contribution < 1.29 is 13.9 Å². The second-order valence-corrected chi connectivity index (χ2v) is 9.07. The largest absolute Gasteiger partial charge is 0.378 e. The molecule has 7 nitrogen and oxygen atoms in total. The molecule has 3 aromatic rings. The molecule has 168 valence electrons. The fourth-order valence-corrected chi connectivity index (χ4v) is 4.33. The predicted molar refractivity (Wildman–Crippen MR) is 124 cm³/mol. The van der Waals surface area contributed by atoms with E-state index in [4.69, 9.17) is 4.74 Å². The Kier molecular flexibility index (Phi) is 6.76. The van der Waals surface area contributed by atoms with Crippen LogP contribution in [-0.2, 0) is 9.53 Å². The first kappa shape index (κ1) is 22.3. The van der Waals surface area contributed by atoms with Gasteiger partial charge in [0.2, 0.25) is 11.9 Å². The molecule has 1 aromatic heterocycles. The van der Waals surface area contributed by atoms with Gasteiger partial charge in [0.25, 0.3) is 0 Å². The molecule has 0 saturated carbocycles. The molecular formula is C23H26FN5O2S. The third-order valence-electron chi connectivity index (χ3n) is 5.28. The van der Waals surface area contributed by atoms with Gasteiger partial charge in [0.05, 0.1) is 24.2 Å². The summed E-state index contributed by atoms with van der Waals surface area (Å²) in [5.41, 5.74) is 3.48. The maximum atomic E-state index is 14.0. The molecule has 1 saturated heterocycles. The Balaban J connectivity index is 1.60. The van der Waals surface area contributed by atoms with E-state index >= 15 is 0 Å². The van der Waals surface area contributed by atoms with Crippen molar-refractivity contribution in [3.63, 3.8) is 0 Å². The number of carbonyl (C=O) groups excluding carboxylic acids is 1. The molecule has 32 heavy (non-hydrogen) atoms. The summed E-state index contributed by atoms with van der Waals surface area (Å²) in [4.78, 5) is 15.0. The highest BCUT2D eigenvalue weighted by Crippen LogP contribution is 2.30. The molecule has 0 aliphatic carbocycles. The highest BCUT2D eigenvalue weighted by Gasteiger charge is 2.25. The van der Waals surface area contributed by atoms with Gasteiger partial charge in [-0.05, 0) is 56.2 Å². The molecule has 1 aliphatic heterocycles. The van der Waals surface area contributed by atoms with Crippen molar-refractivity contribution in [3.8, 4) is 5.69 Å². The Morgan fingerprint density at radius 2 is 1.94 bits per heavy atom. The van der Waals surface area contributed by atoms with E-state index < -0.39 is 5.25 Å². The van der Waals surface area contributed by atoms with Crippen LogP contribution in [0, 0.1) is 19.7 Å². The van der Waals surface area contributed by atoms with Crippen molar-refractivity contribution in [2.24, 2.45) is 0 Å². The number of aromatic nitrogens is 3. The number of aryl methyl sites for hydroxylation is 2. The van der Waals surface area contributed by atoms with Crippen molar-refractivity contribution in [2.45, 2.75) is 31.2 Å². The Hall–Kier alpha value is -2.91. The van der Waals surface area contributed by atoms with E-state index in [0.29, 0.717) is 43.1 Å². The number of amides is 1. The number of thioether (sulfide) groups is 1. The first-order valence-corrected chi connectivity index (χ1v) is 11.4. The van der Waals surface area contributed by atoms with Gasteiger partial charge < -0.3 is 15.0 Å². The van der Waals surface area contributed by atoms with Gasteiger partial charge in [-0.25, -0.2) is 4.39 Å². The smallest absolute Gasteiger partial charge is 0.237 e. The van der Waals surface area contributed by atoms with Crippen LogP contribution in [0.4, 0.5) is 16.0 Å². The molecule has 2 heterocycles. The van der Waals surface area contributed by atoms with Gasteiger partial charge in [0.1, 0.15) is 5.82 Å². The molecule has 4 rings (SSSR count). The molecule has 0 radical (unpaired) electrons. The second kappa shape index (κ2) is 9.70. The van der Waals surface area contributed by atoms with Gasteiger partial charge in [0.15, 0.2) is 5.16 Å². The molecule has 0 bridgehead atoms. The van der Waals surface area contributed by atoms with E-state index in [1.54, 1.807) is 16.7 Å². The van der Waals surface area contributed by atoms with Crippen LogP contribution in [0.15, 0.2) is 47.6 Å². The molecule has 2 aromatic carbocycles. The van der Waals surface area contributed by atoms with E-state index in [9.17, 15) is 9.18 Å². The SMILES string of the molecule is Cc1ccc(C)c(NC(=O)C(C)Sc2nnc(N3CCOCC3)n2-c2cccc(F)c2)c1. The lowest BCUT2D eigenvalue weighted by molar-refractivity contribution is -0.115. The zero-order chi connectivity index (χ0) is 22.7. The van der Waals surface area contributed by atoms with Crippen LogP contribution >= 0.6 is 11.8 Å². The summed E-state index contributed by atoms with van der Waals surface area (Å²) in [5, 5.41) is 11.8. The summed E-state index contributed by atoms with van der Waals surface area (Å²) < 4.78 is 21.3. The van der Waals surface area contributed by atoms with Gasteiger partial charge >= 0.3 is 0 Å². The third kappa shape index (κ3) is 4.94. The fraction of sp³-hybridized carbons (Fsp3) is 0.348. The number of benzene rings is 2. The quantitative estimate of drug-likeness (QED) is 0.567. The Labute approximate surface area is 191 Å². The summed E-state index contributed by atoms with van der Waals surface area (Å²) in [6, 6.07) is 12.2. The highest BCUT2D eigenvalue weighted by atomic mass is 32.2. The number of hydrogen-bond acceptors (Lipinski definition) is 6. The number of ether oxygens (including phenoxy) is 1. The normalized spacial score (nSPS) is 14.9. The number of nitrogens with zero attached hydrogens (tertiary/aromatic N) is 4. The van der Waals surface area contributed by atoms with Crippen LogP contribution in [0.1, 0.15) is 18.1 Å². The number of anilines is 2. The van der Waals surface area contributed by atoms with Gasteiger partial charge in [-0.1, -0.05) is 30.0 Å².